The highest BCUT2D eigenvalue weighted by molar-refractivity contribution is 8.14. The summed E-state index contributed by atoms with van der Waals surface area (Å²) in [6, 6.07) is 9.59. The summed E-state index contributed by atoms with van der Waals surface area (Å²) < 4.78 is 0. The molecule has 1 aromatic rings. The average Bonchev–Trinajstić information content (AvgIpc) is 2.29. The first-order valence-electron chi connectivity index (χ1n) is 4.77. The number of hydrogen-bond donors (Lipinski definition) is 0. The van der Waals surface area contributed by atoms with Gasteiger partial charge in [0.1, 0.15) is 0 Å². The molecule has 0 heterocycles. The Morgan fingerprint density at radius 3 is 2.60 bits per heavy atom. The third-order valence-corrected chi connectivity index (χ3v) is 3.08. The lowest BCUT2D eigenvalue weighted by Crippen LogP contribution is -2.22. The van der Waals surface area contributed by atoms with Crippen LogP contribution >= 0.6 is 11.8 Å². The number of carbonyl (C=O) groups excluding carboxylic acids is 1. The number of benzene rings is 1. The molecule has 3 heteroatoms. The van der Waals surface area contributed by atoms with Gasteiger partial charge < -0.3 is 4.90 Å². The Morgan fingerprint density at radius 2 is 2.07 bits per heavy atom. The number of hydrogen-bond acceptors (Lipinski definition) is 2. The third kappa shape index (κ3) is 3.44. The van der Waals surface area contributed by atoms with E-state index in [4.69, 9.17) is 0 Å². The van der Waals surface area contributed by atoms with Gasteiger partial charge in [-0.15, -0.1) is 6.58 Å². The summed E-state index contributed by atoms with van der Waals surface area (Å²) in [5.74, 6) is 0. The van der Waals surface area contributed by atoms with Crippen LogP contribution in [-0.4, -0.2) is 17.5 Å². The quantitative estimate of drug-likeness (QED) is 0.727. The molecular formula is C12H15NOS. The predicted octanol–water partition coefficient (Wildman–Crippen LogP) is 3.55. The molecule has 2 nitrogen and oxygen atoms in total. The van der Waals surface area contributed by atoms with Crippen molar-refractivity contribution in [3.8, 4) is 0 Å². The minimum atomic E-state index is 0.0357. The second-order valence-corrected chi connectivity index (χ2v) is 4.55. The van der Waals surface area contributed by atoms with Gasteiger partial charge >= 0.3 is 0 Å². The van der Waals surface area contributed by atoms with Crippen LogP contribution in [0.2, 0.25) is 0 Å². The minimum absolute atomic E-state index is 0.0357. The van der Waals surface area contributed by atoms with Gasteiger partial charge in [-0.25, -0.2) is 0 Å². The zero-order chi connectivity index (χ0) is 11.3. The highest BCUT2D eigenvalue weighted by atomic mass is 32.2. The van der Waals surface area contributed by atoms with Gasteiger partial charge in [0.25, 0.3) is 5.24 Å². The normalized spacial score (nSPS) is 11.9. The number of amides is 1. The molecule has 0 aliphatic heterocycles. The van der Waals surface area contributed by atoms with Crippen molar-refractivity contribution < 1.29 is 4.79 Å². The zero-order valence-electron chi connectivity index (χ0n) is 9.01. The van der Waals surface area contributed by atoms with E-state index < -0.39 is 0 Å². The van der Waals surface area contributed by atoms with E-state index in [1.807, 2.05) is 37.3 Å². The molecule has 1 amide bonds. The zero-order valence-corrected chi connectivity index (χ0v) is 9.83. The van der Waals surface area contributed by atoms with Crippen molar-refractivity contribution in [2.24, 2.45) is 0 Å². The van der Waals surface area contributed by atoms with Crippen LogP contribution in [0.1, 0.15) is 6.92 Å². The Bertz CT molecular complexity index is 337. The molecule has 0 radical (unpaired) electrons. The molecule has 0 spiro atoms. The lowest BCUT2D eigenvalue weighted by Gasteiger charge is -2.17. The van der Waals surface area contributed by atoms with Crippen molar-refractivity contribution >= 4 is 22.7 Å². The third-order valence-electron chi connectivity index (χ3n) is 2.04. The Labute approximate surface area is 95.0 Å². The molecular weight excluding hydrogens is 206 g/mol. The van der Waals surface area contributed by atoms with Gasteiger partial charge in [0.2, 0.25) is 0 Å². The monoisotopic (exact) mass is 221 g/mol. The van der Waals surface area contributed by atoms with Crippen molar-refractivity contribution in [1.29, 1.82) is 0 Å². The summed E-state index contributed by atoms with van der Waals surface area (Å²) in [6.07, 6.45) is 1.77. The fourth-order valence-corrected chi connectivity index (χ4v) is 1.72. The maximum Gasteiger partial charge on any atom is 0.286 e. The fourth-order valence-electron chi connectivity index (χ4n) is 1.04. The topological polar surface area (TPSA) is 20.3 Å². The first-order chi connectivity index (χ1) is 7.15. The standard InChI is InChI=1S/C12H15NOS/c1-4-10(2)15-12(14)13(3)11-8-6-5-7-9-11/h4-10H,1H2,2-3H3/t10-/m0/s1. The van der Waals surface area contributed by atoms with Crippen LogP contribution in [0.15, 0.2) is 43.0 Å². The molecule has 0 bridgehead atoms. The van der Waals surface area contributed by atoms with Crippen molar-refractivity contribution in [3.05, 3.63) is 43.0 Å². The summed E-state index contributed by atoms with van der Waals surface area (Å²) in [4.78, 5) is 13.4. The maximum absolute atomic E-state index is 11.8. The number of thioether (sulfide) groups is 1. The number of carbonyl (C=O) groups is 1. The van der Waals surface area contributed by atoms with E-state index in [0.717, 1.165) is 5.69 Å². The second-order valence-electron chi connectivity index (χ2n) is 3.22. The van der Waals surface area contributed by atoms with Gasteiger partial charge in [-0.3, -0.25) is 4.79 Å². The summed E-state index contributed by atoms with van der Waals surface area (Å²) in [5.41, 5.74) is 0.909. The number of nitrogens with zero attached hydrogens (tertiary/aromatic N) is 1. The SMILES string of the molecule is C=C[C@H](C)SC(=O)N(C)c1ccccc1. The first-order valence-corrected chi connectivity index (χ1v) is 5.65. The highest BCUT2D eigenvalue weighted by Crippen LogP contribution is 2.20. The average molecular weight is 221 g/mol. The van der Waals surface area contributed by atoms with E-state index >= 15 is 0 Å². The minimum Gasteiger partial charge on any atom is -0.306 e. The molecule has 0 aliphatic carbocycles. The molecule has 0 aliphatic rings. The Hall–Kier alpha value is -1.22. The molecule has 0 saturated carbocycles. The van der Waals surface area contributed by atoms with Crippen LogP contribution < -0.4 is 4.90 Å². The maximum atomic E-state index is 11.8. The van der Waals surface area contributed by atoms with E-state index in [-0.39, 0.29) is 10.5 Å². The molecule has 0 saturated heterocycles. The lowest BCUT2D eigenvalue weighted by atomic mass is 10.3. The van der Waals surface area contributed by atoms with Crippen LogP contribution in [0.3, 0.4) is 0 Å². The Balaban J connectivity index is 2.65. The van der Waals surface area contributed by atoms with Crippen molar-refractivity contribution in [2.75, 3.05) is 11.9 Å². The van der Waals surface area contributed by atoms with Crippen molar-refractivity contribution in [3.63, 3.8) is 0 Å². The molecule has 0 unspecified atom stereocenters. The van der Waals surface area contributed by atoms with Crippen LogP contribution in [0, 0.1) is 0 Å². The smallest absolute Gasteiger partial charge is 0.286 e. The van der Waals surface area contributed by atoms with E-state index in [1.54, 1.807) is 18.0 Å². The fraction of sp³-hybridized carbons (Fsp3) is 0.250. The van der Waals surface area contributed by atoms with Gasteiger partial charge in [-0.2, -0.15) is 0 Å². The molecule has 1 atom stereocenters. The number of para-hydroxylation sites is 1. The molecule has 0 fully saturated rings. The highest BCUT2D eigenvalue weighted by Gasteiger charge is 2.13. The van der Waals surface area contributed by atoms with Crippen LogP contribution in [-0.2, 0) is 0 Å². The number of rotatable bonds is 3. The van der Waals surface area contributed by atoms with Crippen LogP contribution in [0.25, 0.3) is 0 Å². The van der Waals surface area contributed by atoms with Crippen molar-refractivity contribution in [1.82, 2.24) is 0 Å². The van der Waals surface area contributed by atoms with Crippen LogP contribution in [0.4, 0.5) is 10.5 Å². The van der Waals surface area contributed by atoms with Gasteiger partial charge in [0.15, 0.2) is 0 Å². The van der Waals surface area contributed by atoms with E-state index in [2.05, 4.69) is 6.58 Å². The van der Waals surface area contributed by atoms with Crippen LogP contribution in [0.5, 0.6) is 0 Å². The molecule has 1 aromatic carbocycles. The Kier molecular flexibility index (Phi) is 4.43. The van der Waals surface area contributed by atoms with Gasteiger partial charge in [-0.05, 0) is 19.1 Å². The van der Waals surface area contributed by atoms with E-state index in [9.17, 15) is 4.79 Å². The summed E-state index contributed by atoms with van der Waals surface area (Å²) in [6.45, 7) is 5.61. The summed E-state index contributed by atoms with van der Waals surface area (Å²) in [7, 11) is 1.78. The van der Waals surface area contributed by atoms with Gasteiger partial charge in [0, 0.05) is 18.0 Å². The van der Waals surface area contributed by atoms with E-state index in [0.29, 0.717) is 0 Å². The van der Waals surface area contributed by atoms with Gasteiger partial charge in [0.05, 0.1) is 0 Å². The molecule has 80 valence electrons. The van der Waals surface area contributed by atoms with E-state index in [1.165, 1.54) is 11.8 Å². The molecule has 15 heavy (non-hydrogen) atoms. The molecule has 1 rings (SSSR count). The second kappa shape index (κ2) is 5.61. The number of anilines is 1. The largest absolute Gasteiger partial charge is 0.306 e. The lowest BCUT2D eigenvalue weighted by molar-refractivity contribution is 0.266. The first kappa shape index (κ1) is 11.9. The van der Waals surface area contributed by atoms with Crippen molar-refractivity contribution in [2.45, 2.75) is 12.2 Å². The van der Waals surface area contributed by atoms with Gasteiger partial charge in [-0.1, -0.05) is 36.0 Å². The predicted molar refractivity (Wildman–Crippen MR) is 67.5 cm³/mol. The summed E-state index contributed by atoms with van der Waals surface area (Å²) >= 11 is 1.27. The molecule has 0 N–H and O–H groups in total. The summed E-state index contributed by atoms with van der Waals surface area (Å²) in [5, 5.41) is 0.178. The molecule has 0 aromatic heterocycles. The Morgan fingerprint density at radius 1 is 1.47 bits per heavy atom.